The summed E-state index contributed by atoms with van der Waals surface area (Å²) in [5.41, 5.74) is 0.917. The van der Waals surface area contributed by atoms with Crippen LogP contribution in [0.3, 0.4) is 0 Å². The maximum atomic E-state index is 12.0. The summed E-state index contributed by atoms with van der Waals surface area (Å²) >= 11 is 3.05. The van der Waals surface area contributed by atoms with Gasteiger partial charge in [-0.15, -0.1) is 11.3 Å². The van der Waals surface area contributed by atoms with Crippen LogP contribution < -0.4 is 5.32 Å². The molecule has 1 amide bonds. The molecule has 3 rings (SSSR count). The van der Waals surface area contributed by atoms with Crippen molar-refractivity contribution in [1.29, 1.82) is 0 Å². The first kappa shape index (κ1) is 15.5. The zero-order valence-corrected chi connectivity index (χ0v) is 14.0. The number of rotatable bonds is 5. The first-order valence-corrected chi connectivity index (χ1v) is 9.47. The van der Waals surface area contributed by atoms with Crippen molar-refractivity contribution in [1.82, 2.24) is 15.3 Å². The highest BCUT2D eigenvalue weighted by atomic mass is 32.2. The molecule has 0 spiro atoms. The SMILES string of the molecule is O=C(CSc1nccc(-c2cccs2)n1)NC1CCCCC1. The smallest absolute Gasteiger partial charge is 0.230 e. The Bertz CT molecular complexity index is 610. The molecule has 22 heavy (non-hydrogen) atoms. The van der Waals surface area contributed by atoms with E-state index in [4.69, 9.17) is 0 Å². The monoisotopic (exact) mass is 333 g/mol. The predicted octanol–water partition coefficient (Wildman–Crippen LogP) is 3.75. The summed E-state index contributed by atoms with van der Waals surface area (Å²) in [5.74, 6) is 0.465. The molecule has 0 bridgehead atoms. The number of nitrogens with zero attached hydrogens (tertiary/aromatic N) is 2. The van der Waals surface area contributed by atoms with Gasteiger partial charge in [0, 0.05) is 12.2 Å². The van der Waals surface area contributed by atoms with Gasteiger partial charge in [-0.2, -0.15) is 0 Å². The lowest BCUT2D eigenvalue weighted by atomic mass is 9.95. The minimum Gasteiger partial charge on any atom is -0.353 e. The van der Waals surface area contributed by atoms with Crippen LogP contribution >= 0.6 is 23.1 Å². The number of aromatic nitrogens is 2. The second-order valence-corrected chi connectivity index (χ2v) is 7.28. The summed E-state index contributed by atoms with van der Waals surface area (Å²) in [6.45, 7) is 0. The molecule has 1 aliphatic rings. The quantitative estimate of drug-likeness (QED) is 0.669. The molecule has 2 aromatic heterocycles. The summed E-state index contributed by atoms with van der Waals surface area (Å²) in [6.07, 6.45) is 7.73. The van der Waals surface area contributed by atoms with E-state index in [0.717, 1.165) is 23.4 Å². The molecule has 0 unspecified atom stereocenters. The van der Waals surface area contributed by atoms with Gasteiger partial charge in [0.2, 0.25) is 5.91 Å². The molecule has 116 valence electrons. The lowest BCUT2D eigenvalue weighted by Crippen LogP contribution is -2.37. The maximum absolute atomic E-state index is 12.0. The van der Waals surface area contributed by atoms with E-state index in [9.17, 15) is 4.79 Å². The minimum atomic E-state index is 0.0852. The highest BCUT2D eigenvalue weighted by Gasteiger charge is 2.16. The Balaban J connectivity index is 1.52. The van der Waals surface area contributed by atoms with Gasteiger partial charge in [-0.3, -0.25) is 4.79 Å². The first-order chi connectivity index (χ1) is 10.8. The Labute approximate surface area is 138 Å². The van der Waals surface area contributed by atoms with Crippen molar-refractivity contribution >= 4 is 29.0 Å². The van der Waals surface area contributed by atoms with Gasteiger partial charge in [0.25, 0.3) is 0 Å². The molecule has 2 aromatic rings. The van der Waals surface area contributed by atoms with Crippen molar-refractivity contribution in [3.63, 3.8) is 0 Å². The van der Waals surface area contributed by atoms with Gasteiger partial charge in [-0.05, 0) is 30.4 Å². The lowest BCUT2D eigenvalue weighted by molar-refractivity contribution is -0.119. The third kappa shape index (κ3) is 4.30. The number of hydrogen-bond donors (Lipinski definition) is 1. The van der Waals surface area contributed by atoms with Crippen LogP contribution in [0.4, 0.5) is 0 Å². The number of carbonyl (C=O) groups is 1. The van der Waals surface area contributed by atoms with E-state index in [2.05, 4.69) is 15.3 Å². The summed E-state index contributed by atoms with van der Waals surface area (Å²) < 4.78 is 0. The molecule has 6 heteroatoms. The van der Waals surface area contributed by atoms with E-state index in [1.165, 1.54) is 31.0 Å². The summed E-state index contributed by atoms with van der Waals surface area (Å²) in [5, 5.41) is 5.80. The fourth-order valence-corrected chi connectivity index (χ4v) is 3.96. The third-order valence-electron chi connectivity index (χ3n) is 3.71. The summed E-state index contributed by atoms with van der Waals surface area (Å²) in [6, 6.07) is 6.31. The van der Waals surface area contributed by atoms with Crippen molar-refractivity contribution < 1.29 is 4.79 Å². The Hall–Kier alpha value is -1.40. The third-order valence-corrected chi connectivity index (χ3v) is 5.46. The van der Waals surface area contributed by atoms with Crippen LogP contribution in [0.1, 0.15) is 32.1 Å². The molecule has 0 radical (unpaired) electrons. The van der Waals surface area contributed by atoms with Crippen LogP contribution in [-0.4, -0.2) is 27.7 Å². The fraction of sp³-hybridized carbons (Fsp3) is 0.438. The van der Waals surface area contributed by atoms with Crippen molar-refractivity contribution in [2.24, 2.45) is 0 Å². The van der Waals surface area contributed by atoms with E-state index < -0.39 is 0 Å². The second-order valence-electron chi connectivity index (χ2n) is 5.39. The van der Waals surface area contributed by atoms with Gasteiger partial charge >= 0.3 is 0 Å². The van der Waals surface area contributed by atoms with Crippen LogP contribution in [0.15, 0.2) is 34.9 Å². The molecule has 0 atom stereocenters. The normalized spacial score (nSPS) is 15.6. The number of nitrogens with one attached hydrogen (secondary N) is 1. The molecular formula is C16H19N3OS2. The molecule has 0 aromatic carbocycles. The van der Waals surface area contributed by atoms with E-state index in [0.29, 0.717) is 17.0 Å². The Morgan fingerprint density at radius 3 is 2.95 bits per heavy atom. The predicted molar refractivity (Wildman–Crippen MR) is 91.1 cm³/mol. The van der Waals surface area contributed by atoms with Gasteiger partial charge < -0.3 is 5.32 Å². The number of thioether (sulfide) groups is 1. The van der Waals surface area contributed by atoms with Crippen molar-refractivity contribution in [3.8, 4) is 10.6 Å². The van der Waals surface area contributed by atoms with Crippen LogP contribution in [0.25, 0.3) is 10.6 Å². The molecule has 1 aliphatic carbocycles. The van der Waals surface area contributed by atoms with E-state index >= 15 is 0 Å². The molecule has 1 fully saturated rings. The molecular weight excluding hydrogens is 314 g/mol. The zero-order valence-electron chi connectivity index (χ0n) is 12.3. The van der Waals surface area contributed by atoms with E-state index in [1.54, 1.807) is 17.5 Å². The standard InChI is InChI=1S/C16H19N3OS2/c20-15(18-12-5-2-1-3-6-12)11-22-16-17-9-8-13(19-16)14-7-4-10-21-14/h4,7-10,12H,1-3,5-6,11H2,(H,18,20). The largest absolute Gasteiger partial charge is 0.353 e. The highest BCUT2D eigenvalue weighted by molar-refractivity contribution is 7.99. The molecule has 0 aliphatic heterocycles. The van der Waals surface area contributed by atoms with Crippen LogP contribution in [0, 0.1) is 0 Å². The Morgan fingerprint density at radius 2 is 2.18 bits per heavy atom. The maximum Gasteiger partial charge on any atom is 0.230 e. The summed E-state index contributed by atoms with van der Waals surface area (Å²) in [4.78, 5) is 21.9. The number of thiophene rings is 1. The fourth-order valence-electron chi connectivity index (χ4n) is 2.62. The molecule has 2 heterocycles. The van der Waals surface area contributed by atoms with Crippen LogP contribution in [0.2, 0.25) is 0 Å². The van der Waals surface area contributed by atoms with Crippen molar-refractivity contribution in [2.75, 3.05) is 5.75 Å². The Morgan fingerprint density at radius 1 is 1.32 bits per heavy atom. The van der Waals surface area contributed by atoms with Gasteiger partial charge in [0.15, 0.2) is 5.16 Å². The minimum absolute atomic E-state index is 0.0852. The first-order valence-electron chi connectivity index (χ1n) is 7.60. The van der Waals surface area contributed by atoms with Gasteiger partial charge in [-0.25, -0.2) is 9.97 Å². The number of carbonyl (C=O) groups excluding carboxylic acids is 1. The average molecular weight is 333 g/mol. The van der Waals surface area contributed by atoms with Crippen molar-refractivity contribution in [2.45, 2.75) is 43.3 Å². The van der Waals surface area contributed by atoms with Crippen LogP contribution in [-0.2, 0) is 4.79 Å². The molecule has 0 saturated heterocycles. The lowest BCUT2D eigenvalue weighted by Gasteiger charge is -2.22. The zero-order chi connectivity index (χ0) is 15.2. The molecule has 1 saturated carbocycles. The van der Waals surface area contributed by atoms with Gasteiger partial charge in [0.1, 0.15) is 0 Å². The molecule has 4 nitrogen and oxygen atoms in total. The second kappa shape index (κ2) is 7.74. The average Bonchev–Trinajstić information content (AvgIpc) is 3.09. The van der Waals surface area contributed by atoms with Crippen LogP contribution in [0.5, 0.6) is 0 Å². The summed E-state index contributed by atoms with van der Waals surface area (Å²) in [7, 11) is 0. The van der Waals surface area contributed by atoms with Crippen molar-refractivity contribution in [3.05, 3.63) is 29.8 Å². The van der Waals surface area contributed by atoms with Gasteiger partial charge in [-0.1, -0.05) is 37.1 Å². The highest BCUT2D eigenvalue weighted by Crippen LogP contribution is 2.24. The van der Waals surface area contributed by atoms with Gasteiger partial charge in [0.05, 0.1) is 16.3 Å². The topological polar surface area (TPSA) is 54.9 Å². The van der Waals surface area contributed by atoms with E-state index in [1.807, 2.05) is 23.6 Å². The number of hydrogen-bond acceptors (Lipinski definition) is 5. The molecule has 1 N–H and O–H groups in total. The Kier molecular flexibility index (Phi) is 5.45. The van der Waals surface area contributed by atoms with E-state index in [-0.39, 0.29) is 5.91 Å². The number of amides is 1.